The van der Waals surface area contributed by atoms with Crippen molar-refractivity contribution in [1.82, 2.24) is 0 Å². The highest BCUT2D eigenvalue weighted by molar-refractivity contribution is 5.92. The van der Waals surface area contributed by atoms with E-state index in [1.165, 1.54) is 263 Å². The third-order valence-electron chi connectivity index (χ3n) is 21.4. The predicted octanol–water partition coefficient (Wildman–Crippen LogP) is 31.0. The van der Waals surface area contributed by atoms with Crippen LogP contribution in [0.2, 0.25) is 0 Å². The minimum absolute atomic E-state index is 0.299. The number of carbonyl (C=O) groups excluding carboxylic acids is 2. The number of carbonyl (C=O) groups is 2. The molecule has 5 aromatic rings. The van der Waals surface area contributed by atoms with Gasteiger partial charge in [-0.2, -0.15) is 0 Å². The van der Waals surface area contributed by atoms with E-state index in [9.17, 15) is 9.59 Å². The zero-order valence-electron chi connectivity index (χ0n) is 70.7. The molecule has 10 nitrogen and oxygen atoms in total. The lowest BCUT2D eigenvalue weighted by molar-refractivity contribution is 0.0496. The van der Waals surface area contributed by atoms with Gasteiger partial charge in [-0.15, -0.1) is 0 Å². The molecule has 0 aliphatic rings. The minimum atomic E-state index is -0.402. The van der Waals surface area contributed by atoms with Gasteiger partial charge in [0.1, 0.15) is 11.5 Å². The lowest BCUT2D eigenvalue weighted by atomic mass is 10.1. The minimum Gasteiger partial charge on any atom is -0.494 e. The molecule has 0 saturated carbocycles. The summed E-state index contributed by atoms with van der Waals surface area (Å²) in [5, 5.41) is 0. The van der Waals surface area contributed by atoms with E-state index in [-0.39, 0.29) is 5.97 Å². The molecular formula is C100H156O10. The van der Waals surface area contributed by atoms with Crippen molar-refractivity contribution in [2.75, 3.05) is 46.2 Å². The summed E-state index contributed by atoms with van der Waals surface area (Å²) in [7, 11) is 0. The molecule has 0 atom stereocenters. The second kappa shape index (κ2) is 66.1. The quantitative estimate of drug-likeness (QED) is 0.0162. The van der Waals surface area contributed by atoms with E-state index < -0.39 is 5.97 Å². The van der Waals surface area contributed by atoms with Gasteiger partial charge in [-0.05, 0) is 134 Å². The average Bonchev–Trinajstić information content (AvgIpc) is 0.827. The SMILES string of the molecule is CCCCCCCCCCCCOc1cc(/C=C/c2ccc(C(=O)Oc3ccc(-c4ccc(OCCCCCCCCCCOC(=O)c5ccc(OCCCCCCCCCC)c(OCCCCCCCCCC)c5)cc4)cc3)cc2)cc(OCCCCCCCCCCCC)c1OCCCCCCCCCCCC. The van der Waals surface area contributed by atoms with Crippen molar-refractivity contribution in [2.24, 2.45) is 0 Å². The molecular weight excluding hydrogens is 1360 g/mol. The van der Waals surface area contributed by atoms with Gasteiger partial charge in [0.25, 0.3) is 0 Å². The fraction of sp³-hybridized carbons (Fsp3) is 0.660. The van der Waals surface area contributed by atoms with E-state index in [0.29, 0.717) is 68.9 Å². The smallest absolute Gasteiger partial charge is 0.343 e. The second-order valence-corrected chi connectivity index (χ2v) is 31.5. The molecule has 0 aromatic heterocycles. The van der Waals surface area contributed by atoms with Crippen molar-refractivity contribution >= 4 is 24.1 Å². The van der Waals surface area contributed by atoms with Gasteiger partial charge in [-0.25, -0.2) is 9.59 Å². The molecule has 0 radical (unpaired) electrons. The summed E-state index contributed by atoms with van der Waals surface area (Å²) in [5.41, 5.74) is 5.04. The van der Waals surface area contributed by atoms with Crippen molar-refractivity contribution in [1.29, 1.82) is 0 Å². The topological polar surface area (TPSA) is 108 Å². The number of rotatable bonds is 74. The van der Waals surface area contributed by atoms with Crippen LogP contribution in [0.3, 0.4) is 0 Å². The third-order valence-corrected chi connectivity index (χ3v) is 21.4. The number of ether oxygens (including phenoxy) is 8. The normalized spacial score (nSPS) is 11.4. The molecule has 0 unspecified atom stereocenters. The van der Waals surface area contributed by atoms with Crippen LogP contribution < -0.4 is 33.2 Å². The highest BCUT2D eigenvalue weighted by atomic mass is 16.6. The number of benzene rings is 5. The molecule has 0 saturated heterocycles. The van der Waals surface area contributed by atoms with Crippen LogP contribution in [0.4, 0.5) is 0 Å². The van der Waals surface area contributed by atoms with Crippen LogP contribution in [0.15, 0.2) is 103 Å². The molecule has 5 rings (SSSR count). The highest BCUT2D eigenvalue weighted by Gasteiger charge is 2.18. The Bertz CT molecular complexity index is 2980. The van der Waals surface area contributed by atoms with E-state index in [0.717, 1.165) is 134 Å². The lowest BCUT2D eigenvalue weighted by Gasteiger charge is -2.18. The fourth-order valence-corrected chi connectivity index (χ4v) is 14.3. The Balaban J connectivity index is 1.03. The zero-order valence-corrected chi connectivity index (χ0v) is 70.7. The van der Waals surface area contributed by atoms with E-state index >= 15 is 0 Å². The Hall–Kier alpha value is -6.42. The molecule has 0 N–H and O–H groups in total. The van der Waals surface area contributed by atoms with Gasteiger partial charge in [0.15, 0.2) is 23.0 Å². The maximum absolute atomic E-state index is 13.5. The van der Waals surface area contributed by atoms with E-state index in [2.05, 4.69) is 71.0 Å². The Morgan fingerprint density at radius 1 is 0.236 bits per heavy atom. The van der Waals surface area contributed by atoms with E-state index in [1.807, 2.05) is 78.9 Å². The van der Waals surface area contributed by atoms with Gasteiger partial charge in [0.2, 0.25) is 5.75 Å². The highest BCUT2D eigenvalue weighted by Crippen LogP contribution is 2.41. The molecule has 0 spiro atoms. The van der Waals surface area contributed by atoms with Gasteiger partial charge in [0.05, 0.1) is 57.4 Å². The zero-order chi connectivity index (χ0) is 77.9. The number of hydrogen-bond acceptors (Lipinski definition) is 10. The summed E-state index contributed by atoms with van der Waals surface area (Å²) >= 11 is 0. The van der Waals surface area contributed by atoms with Gasteiger partial charge in [-0.1, -0.05) is 385 Å². The summed E-state index contributed by atoms with van der Waals surface area (Å²) in [4.78, 5) is 26.7. The van der Waals surface area contributed by atoms with Gasteiger partial charge in [0, 0.05) is 0 Å². The molecule has 0 aliphatic heterocycles. The summed E-state index contributed by atoms with van der Waals surface area (Å²) in [5.74, 6) is 4.27. The second-order valence-electron chi connectivity index (χ2n) is 31.5. The molecule has 10 heteroatoms. The molecule has 0 fully saturated rings. The van der Waals surface area contributed by atoms with Crippen LogP contribution >= 0.6 is 0 Å². The maximum atomic E-state index is 13.5. The summed E-state index contributed by atoms with van der Waals surface area (Å²) in [6.07, 6.45) is 71.2. The Morgan fingerprint density at radius 2 is 0.527 bits per heavy atom. The first-order chi connectivity index (χ1) is 54.3. The van der Waals surface area contributed by atoms with Crippen LogP contribution in [0, 0.1) is 0 Å². The van der Waals surface area contributed by atoms with Crippen molar-refractivity contribution < 1.29 is 47.5 Å². The van der Waals surface area contributed by atoms with Gasteiger partial charge in [-0.3, -0.25) is 0 Å². The summed E-state index contributed by atoms with van der Waals surface area (Å²) < 4.78 is 50.4. The first kappa shape index (κ1) is 94.2. The van der Waals surface area contributed by atoms with Crippen molar-refractivity contribution in [3.63, 3.8) is 0 Å². The molecule has 0 bridgehead atoms. The van der Waals surface area contributed by atoms with Gasteiger partial charge >= 0.3 is 11.9 Å². The molecule has 0 aliphatic carbocycles. The van der Waals surface area contributed by atoms with Crippen LogP contribution in [0.1, 0.15) is 413 Å². The van der Waals surface area contributed by atoms with Crippen LogP contribution in [-0.2, 0) is 4.74 Å². The Morgan fingerprint density at radius 3 is 0.900 bits per heavy atom. The predicted molar refractivity (Wildman–Crippen MR) is 466 cm³/mol. The lowest BCUT2D eigenvalue weighted by Crippen LogP contribution is -2.08. The van der Waals surface area contributed by atoms with Crippen LogP contribution in [0.25, 0.3) is 23.3 Å². The molecule has 5 aromatic carbocycles. The van der Waals surface area contributed by atoms with Crippen LogP contribution in [-0.4, -0.2) is 58.2 Å². The standard InChI is InChI=1S/C100H156O10/c1-6-11-16-21-26-31-34-42-49-56-79-106-96-83-87(84-97(107-80-57-50-43-35-32-27-22-17-12-7-2)98(96)108-81-58-51-44-36-33-28-23-18-13-8-3)61-60-86-62-64-90(65-63-86)100(102)110-93-73-68-89(69-74-93)88-66-71-92(72-67-88)103-76-53-46-41-37-38-45-52-59-82-109-99(101)91-70-75-94(104-77-54-47-39-29-24-19-14-9-4)95(85-91)105-78-55-48-40-30-25-20-15-10-5/h60-75,83-85H,6-59,76-82H2,1-5H3/b61-60+. The number of unbranched alkanes of at least 4 members (excludes halogenated alkanes) is 48. The number of esters is 2. The summed E-state index contributed by atoms with van der Waals surface area (Å²) in [6, 6.07) is 33.2. The van der Waals surface area contributed by atoms with Crippen LogP contribution in [0.5, 0.6) is 40.2 Å². The number of hydrogen-bond donors (Lipinski definition) is 0. The molecule has 0 amide bonds. The first-order valence-corrected chi connectivity index (χ1v) is 45.8. The first-order valence-electron chi connectivity index (χ1n) is 45.8. The average molecular weight is 1520 g/mol. The van der Waals surface area contributed by atoms with E-state index in [4.69, 9.17) is 37.9 Å². The third kappa shape index (κ3) is 45.9. The monoisotopic (exact) mass is 1520 g/mol. The fourth-order valence-electron chi connectivity index (χ4n) is 14.3. The van der Waals surface area contributed by atoms with Crippen molar-refractivity contribution in [3.8, 4) is 51.4 Å². The molecule has 110 heavy (non-hydrogen) atoms. The maximum Gasteiger partial charge on any atom is 0.343 e. The Labute approximate surface area is 672 Å². The van der Waals surface area contributed by atoms with Crippen molar-refractivity contribution in [3.05, 3.63) is 125 Å². The summed E-state index contributed by atoms with van der Waals surface area (Å²) in [6.45, 7) is 15.7. The van der Waals surface area contributed by atoms with Crippen molar-refractivity contribution in [2.45, 2.75) is 381 Å². The largest absolute Gasteiger partial charge is 0.494 e. The molecule has 0 heterocycles. The Kier molecular flexibility index (Phi) is 56.6. The molecule has 616 valence electrons. The van der Waals surface area contributed by atoms with E-state index in [1.54, 1.807) is 0 Å². The van der Waals surface area contributed by atoms with Gasteiger partial charge < -0.3 is 37.9 Å².